The molecule has 1 heterocycles. The Morgan fingerprint density at radius 2 is 2.50 bits per heavy atom. The first-order chi connectivity index (χ1) is 4.70. The van der Waals surface area contributed by atoms with Crippen LogP contribution >= 0.6 is 0 Å². The van der Waals surface area contributed by atoms with Crippen LogP contribution in [0.5, 0.6) is 0 Å². The molecule has 0 spiro atoms. The SMILES string of the molecule is CC(=O)NC1=CCNC1=O. The Morgan fingerprint density at radius 1 is 1.80 bits per heavy atom. The predicted octanol–water partition coefficient (Wildman–Crippen LogP) is -0.864. The van der Waals surface area contributed by atoms with Crippen molar-refractivity contribution in [2.75, 3.05) is 6.54 Å². The van der Waals surface area contributed by atoms with Crippen molar-refractivity contribution in [1.82, 2.24) is 10.6 Å². The van der Waals surface area contributed by atoms with Gasteiger partial charge in [0.1, 0.15) is 5.70 Å². The molecule has 54 valence electrons. The molecule has 0 atom stereocenters. The molecule has 10 heavy (non-hydrogen) atoms. The van der Waals surface area contributed by atoms with Crippen molar-refractivity contribution in [1.29, 1.82) is 0 Å². The van der Waals surface area contributed by atoms with E-state index in [1.165, 1.54) is 6.92 Å². The second-order valence-corrected chi connectivity index (χ2v) is 2.01. The summed E-state index contributed by atoms with van der Waals surface area (Å²) in [5.74, 6) is -0.432. The number of rotatable bonds is 1. The molecule has 0 aromatic rings. The molecule has 1 rings (SSSR count). The van der Waals surface area contributed by atoms with E-state index in [0.717, 1.165) is 0 Å². The van der Waals surface area contributed by atoms with E-state index in [0.29, 0.717) is 12.2 Å². The van der Waals surface area contributed by atoms with E-state index in [2.05, 4.69) is 10.6 Å². The molecule has 0 aromatic carbocycles. The molecule has 1 aliphatic rings. The van der Waals surface area contributed by atoms with E-state index in [1.807, 2.05) is 0 Å². The van der Waals surface area contributed by atoms with Gasteiger partial charge in [-0.2, -0.15) is 0 Å². The number of amides is 2. The van der Waals surface area contributed by atoms with E-state index in [1.54, 1.807) is 6.08 Å². The zero-order valence-electron chi connectivity index (χ0n) is 5.60. The van der Waals surface area contributed by atoms with Crippen molar-refractivity contribution in [3.63, 3.8) is 0 Å². The Bertz CT molecular complexity index is 208. The van der Waals surface area contributed by atoms with Gasteiger partial charge in [0, 0.05) is 13.5 Å². The molecule has 4 nitrogen and oxygen atoms in total. The first-order valence-electron chi connectivity index (χ1n) is 2.96. The lowest BCUT2D eigenvalue weighted by Gasteiger charge is -1.98. The van der Waals surface area contributed by atoms with Gasteiger partial charge in [0.15, 0.2) is 0 Å². The zero-order valence-corrected chi connectivity index (χ0v) is 5.60. The van der Waals surface area contributed by atoms with Crippen LogP contribution in [0.4, 0.5) is 0 Å². The van der Waals surface area contributed by atoms with Gasteiger partial charge in [-0.15, -0.1) is 0 Å². The van der Waals surface area contributed by atoms with Gasteiger partial charge in [0.25, 0.3) is 5.91 Å². The highest BCUT2D eigenvalue weighted by atomic mass is 16.2. The molecule has 1 aliphatic heterocycles. The fraction of sp³-hybridized carbons (Fsp3) is 0.333. The van der Waals surface area contributed by atoms with Crippen LogP contribution < -0.4 is 10.6 Å². The van der Waals surface area contributed by atoms with E-state index < -0.39 is 0 Å². The van der Waals surface area contributed by atoms with Crippen molar-refractivity contribution in [2.24, 2.45) is 0 Å². The highest BCUT2D eigenvalue weighted by molar-refractivity contribution is 5.98. The average molecular weight is 140 g/mol. The minimum atomic E-state index is -0.219. The fourth-order valence-corrected chi connectivity index (χ4v) is 0.731. The van der Waals surface area contributed by atoms with Gasteiger partial charge in [0.2, 0.25) is 5.91 Å². The van der Waals surface area contributed by atoms with Crippen molar-refractivity contribution >= 4 is 11.8 Å². The largest absolute Gasteiger partial charge is 0.347 e. The van der Waals surface area contributed by atoms with Gasteiger partial charge in [-0.1, -0.05) is 0 Å². The highest BCUT2D eigenvalue weighted by Gasteiger charge is 2.13. The van der Waals surface area contributed by atoms with E-state index >= 15 is 0 Å². The topological polar surface area (TPSA) is 58.2 Å². The lowest BCUT2D eigenvalue weighted by molar-refractivity contribution is -0.122. The van der Waals surface area contributed by atoms with Crippen LogP contribution in [0, 0.1) is 0 Å². The molecule has 2 amide bonds. The maximum absolute atomic E-state index is 10.7. The first kappa shape index (κ1) is 6.80. The third-order valence-corrected chi connectivity index (χ3v) is 1.12. The summed E-state index contributed by atoms with van der Waals surface area (Å²) >= 11 is 0. The molecule has 0 radical (unpaired) electrons. The van der Waals surface area contributed by atoms with Gasteiger partial charge < -0.3 is 10.6 Å². The first-order valence-corrected chi connectivity index (χ1v) is 2.96. The summed E-state index contributed by atoms with van der Waals surface area (Å²) in [5.41, 5.74) is 0.354. The fourth-order valence-electron chi connectivity index (χ4n) is 0.731. The van der Waals surface area contributed by atoms with E-state index in [-0.39, 0.29) is 11.8 Å². The van der Waals surface area contributed by atoms with E-state index in [4.69, 9.17) is 0 Å². The second kappa shape index (κ2) is 2.51. The lowest BCUT2D eigenvalue weighted by atomic mass is 10.4. The average Bonchev–Trinajstić information content (AvgIpc) is 2.15. The van der Waals surface area contributed by atoms with Crippen LogP contribution in [0.15, 0.2) is 11.8 Å². The third-order valence-electron chi connectivity index (χ3n) is 1.12. The molecule has 0 bridgehead atoms. The van der Waals surface area contributed by atoms with Crippen LogP contribution in [0.3, 0.4) is 0 Å². The molecule has 4 heteroatoms. The Labute approximate surface area is 58.3 Å². The Morgan fingerprint density at radius 3 is 2.90 bits per heavy atom. The monoisotopic (exact) mass is 140 g/mol. The summed E-state index contributed by atoms with van der Waals surface area (Å²) < 4.78 is 0. The van der Waals surface area contributed by atoms with Gasteiger partial charge in [-0.3, -0.25) is 9.59 Å². The van der Waals surface area contributed by atoms with Crippen LogP contribution in [0.2, 0.25) is 0 Å². The summed E-state index contributed by atoms with van der Waals surface area (Å²) in [6.45, 7) is 1.88. The van der Waals surface area contributed by atoms with Crippen molar-refractivity contribution in [2.45, 2.75) is 6.92 Å². The maximum atomic E-state index is 10.7. The van der Waals surface area contributed by atoms with Crippen LogP contribution in [0.1, 0.15) is 6.92 Å². The minimum absolute atomic E-state index is 0.213. The van der Waals surface area contributed by atoms with Crippen LogP contribution in [0.25, 0.3) is 0 Å². The maximum Gasteiger partial charge on any atom is 0.267 e. The zero-order chi connectivity index (χ0) is 7.56. The molecular weight excluding hydrogens is 132 g/mol. The van der Waals surface area contributed by atoms with Crippen LogP contribution in [-0.4, -0.2) is 18.4 Å². The van der Waals surface area contributed by atoms with Crippen molar-refractivity contribution in [3.05, 3.63) is 11.8 Å². The number of hydrogen-bond donors (Lipinski definition) is 2. The molecular formula is C6H8N2O2. The Balaban J connectivity index is 2.56. The second-order valence-electron chi connectivity index (χ2n) is 2.01. The summed E-state index contributed by atoms with van der Waals surface area (Å²) in [6, 6.07) is 0. The number of nitrogens with one attached hydrogen (secondary N) is 2. The van der Waals surface area contributed by atoms with Crippen molar-refractivity contribution < 1.29 is 9.59 Å². The predicted molar refractivity (Wildman–Crippen MR) is 34.9 cm³/mol. The standard InChI is InChI=1S/C6H8N2O2/c1-4(9)8-5-2-3-7-6(5)10/h2H,3H2,1H3,(H,7,10)(H,8,9). The normalized spacial score (nSPS) is 16.1. The smallest absolute Gasteiger partial charge is 0.267 e. The molecule has 0 aromatic heterocycles. The molecule has 2 N–H and O–H groups in total. The van der Waals surface area contributed by atoms with Gasteiger partial charge in [-0.25, -0.2) is 0 Å². The molecule has 0 aliphatic carbocycles. The summed E-state index contributed by atoms with van der Waals surface area (Å²) in [7, 11) is 0. The summed E-state index contributed by atoms with van der Waals surface area (Å²) in [5, 5.41) is 4.93. The Kier molecular flexibility index (Phi) is 1.71. The van der Waals surface area contributed by atoms with Crippen LogP contribution in [-0.2, 0) is 9.59 Å². The van der Waals surface area contributed by atoms with Gasteiger partial charge in [0.05, 0.1) is 0 Å². The number of carbonyl (C=O) groups excluding carboxylic acids is 2. The van der Waals surface area contributed by atoms with E-state index in [9.17, 15) is 9.59 Å². The van der Waals surface area contributed by atoms with Gasteiger partial charge in [-0.05, 0) is 6.08 Å². The summed E-state index contributed by atoms with van der Waals surface area (Å²) in [6.07, 6.45) is 1.64. The number of carbonyl (C=O) groups is 2. The molecule has 0 unspecified atom stereocenters. The quantitative estimate of drug-likeness (QED) is 0.497. The lowest BCUT2D eigenvalue weighted by Crippen LogP contribution is -2.27. The minimum Gasteiger partial charge on any atom is -0.347 e. The molecule has 0 fully saturated rings. The summed E-state index contributed by atoms with van der Waals surface area (Å²) in [4.78, 5) is 21.1. The third kappa shape index (κ3) is 1.34. The highest BCUT2D eigenvalue weighted by Crippen LogP contribution is 1.94. The molecule has 0 saturated heterocycles. The van der Waals surface area contributed by atoms with Crippen molar-refractivity contribution in [3.8, 4) is 0 Å². The number of hydrogen-bond acceptors (Lipinski definition) is 2. The Hall–Kier alpha value is -1.32. The molecule has 0 saturated carbocycles. The van der Waals surface area contributed by atoms with Gasteiger partial charge >= 0.3 is 0 Å².